The summed E-state index contributed by atoms with van der Waals surface area (Å²) in [6, 6.07) is 0. The van der Waals surface area contributed by atoms with Crippen molar-refractivity contribution in [3.05, 3.63) is 0 Å². The molecule has 0 aromatic rings. The summed E-state index contributed by atoms with van der Waals surface area (Å²) in [4.78, 5) is 6.35. The van der Waals surface area contributed by atoms with E-state index < -0.39 is 0 Å². The molecule has 0 heterocycles. The van der Waals surface area contributed by atoms with Crippen LogP contribution in [0.3, 0.4) is 0 Å². The van der Waals surface area contributed by atoms with Gasteiger partial charge < -0.3 is 0 Å². The van der Waals surface area contributed by atoms with Crippen molar-refractivity contribution >= 4 is 29.9 Å². The quantitative estimate of drug-likeness (QED) is 0.502. The van der Waals surface area contributed by atoms with Crippen LogP contribution in [0.4, 0.5) is 0 Å². The van der Waals surface area contributed by atoms with Gasteiger partial charge in [-0.1, -0.05) is 0 Å². The third kappa shape index (κ3) is 6.60. The molecule has 0 aromatic carbocycles. The van der Waals surface area contributed by atoms with E-state index in [-0.39, 0.29) is 0 Å². The van der Waals surface area contributed by atoms with E-state index in [0.717, 1.165) is 0 Å². The summed E-state index contributed by atoms with van der Waals surface area (Å²) >= 11 is 1.24. The molecule has 0 unspecified atom stereocenters. The van der Waals surface area contributed by atoms with Gasteiger partial charge in [0.15, 0.2) is 0 Å². The zero-order valence-electron chi connectivity index (χ0n) is 5.23. The number of hydrogen-bond donors (Lipinski definition) is 0. The van der Waals surface area contributed by atoms with Crippen LogP contribution in [0.1, 0.15) is 13.8 Å². The van der Waals surface area contributed by atoms with E-state index in [9.17, 15) is 0 Å². The van der Waals surface area contributed by atoms with E-state index in [1.165, 1.54) is 10.6 Å². The van der Waals surface area contributed by atoms with Gasteiger partial charge in [0.05, 0.1) is 0 Å². The predicted octanol–water partition coefficient (Wildman–Crippen LogP) is 1.19. The fourth-order valence-electron chi connectivity index (χ4n) is 0.203. The summed E-state index contributed by atoms with van der Waals surface area (Å²) in [7, 11) is 0. The van der Waals surface area contributed by atoms with Gasteiger partial charge in [0.1, 0.15) is 0 Å². The molecule has 0 rings (SSSR count). The van der Waals surface area contributed by atoms with Crippen molar-refractivity contribution in [2.24, 2.45) is 0 Å². The Morgan fingerprint density at radius 2 is 1.38 bits per heavy atom. The fourth-order valence-corrected chi connectivity index (χ4v) is 2.34. The van der Waals surface area contributed by atoms with Crippen LogP contribution >= 0.6 is 0 Å². The average molecular weight is 240 g/mol. The van der Waals surface area contributed by atoms with Crippen molar-refractivity contribution in [2.45, 2.75) is 24.5 Å². The third-order valence-corrected chi connectivity index (χ3v) is 3.37. The van der Waals surface area contributed by atoms with Crippen LogP contribution in [0, 0.1) is 9.64 Å². The van der Waals surface area contributed by atoms with Crippen molar-refractivity contribution in [1.82, 2.24) is 0 Å². The Morgan fingerprint density at radius 3 is 1.62 bits per heavy atom. The molecule has 0 aromatic heterocycles. The molecule has 0 fully saturated rings. The predicted molar refractivity (Wildman–Crippen MR) is 40.2 cm³/mol. The molecule has 0 spiro atoms. The van der Waals surface area contributed by atoms with Gasteiger partial charge in [-0.05, 0) is 0 Å². The van der Waals surface area contributed by atoms with Crippen molar-refractivity contribution < 1.29 is 0 Å². The average Bonchev–Trinajstić information content (AvgIpc) is 1.81. The van der Waals surface area contributed by atoms with Crippen LogP contribution in [0.2, 0.25) is 10.6 Å². The zero-order valence-corrected chi connectivity index (χ0v) is 8.66. The van der Waals surface area contributed by atoms with E-state index >= 15 is 0 Å². The minimum absolute atomic E-state index is 0.622. The van der Waals surface area contributed by atoms with E-state index in [1.807, 2.05) is 0 Å². The summed E-state index contributed by atoms with van der Waals surface area (Å²) in [5.41, 5.74) is 0. The molecule has 0 saturated carbocycles. The first kappa shape index (κ1) is 8.60. The molecule has 46 valence electrons. The Balaban J connectivity index is 2.95. The summed E-state index contributed by atoms with van der Waals surface area (Å²) in [6.45, 7) is 4.38. The molecule has 0 saturated heterocycles. The van der Waals surface area contributed by atoms with Crippen molar-refractivity contribution in [2.75, 3.05) is 0 Å². The maximum atomic E-state index is 3.18. The van der Waals surface area contributed by atoms with Gasteiger partial charge in [-0.3, -0.25) is 0 Å². The van der Waals surface area contributed by atoms with E-state index in [4.69, 9.17) is 0 Å². The van der Waals surface area contributed by atoms with Crippen molar-refractivity contribution in [1.29, 1.82) is 0 Å². The molecular formula is C6H10Se2. The Kier molecular flexibility index (Phi) is 8.17. The summed E-state index contributed by atoms with van der Waals surface area (Å²) in [5, 5.41) is 2.53. The SMILES string of the molecule is CC[Se]C#C[Se]CC. The van der Waals surface area contributed by atoms with E-state index in [0.29, 0.717) is 29.9 Å². The molecule has 0 N–H and O–H groups in total. The molecule has 0 atom stereocenters. The van der Waals surface area contributed by atoms with E-state index in [2.05, 4.69) is 23.5 Å². The minimum atomic E-state index is 0.622. The van der Waals surface area contributed by atoms with Gasteiger partial charge in [0, 0.05) is 0 Å². The van der Waals surface area contributed by atoms with Gasteiger partial charge in [-0.25, -0.2) is 0 Å². The van der Waals surface area contributed by atoms with Gasteiger partial charge in [-0.2, -0.15) is 0 Å². The van der Waals surface area contributed by atoms with Crippen molar-refractivity contribution in [3.63, 3.8) is 0 Å². The second-order valence-corrected chi connectivity index (χ2v) is 5.56. The van der Waals surface area contributed by atoms with Crippen LogP contribution in [0.25, 0.3) is 0 Å². The van der Waals surface area contributed by atoms with Crippen LogP contribution in [-0.2, 0) is 0 Å². The molecule has 0 aliphatic heterocycles. The molecule has 0 aliphatic rings. The normalized spacial score (nSPS) is 7.75. The molecule has 0 bridgehead atoms. The number of rotatable bonds is 2. The first-order valence-electron chi connectivity index (χ1n) is 2.65. The Morgan fingerprint density at radius 1 is 1.00 bits per heavy atom. The molecule has 0 radical (unpaired) electrons. The molecule has 0 nitrogen and oxygen atoms in total. The topological polar surface area (TPSA) is 0 Å². The molecule has 0 amide bonds. The Hall–Kier alpha value is 0.599. The van der Waals surface area contributed by atoms with Gasteiger partial charge >= 0.3 is 64.0 Å². The molecular weight excluding hydrogens is 230 g/mol. The van der Waals surface area contributed by atoms with Gasteiger partial charge in [0.2, 0.25) is 0 Å². The Bertz CT molecular complexity index is 78.4. The first-order valence-corrected chi connectivity index (χ1v) is 6.79. The van der Waals surface area contributed by atoms with Crippen LogP contribution < -0.4 is 0 Å². The van der Waals surface area contributed by atoms with E-state index in [1.54, 1.807) is 0 Å². The first-order chi connectivity index (χ1) is 3.91. The van der Waals surface area contributed by atoms with Crippen LogP contribution in [-0.4, -0.2) is 29.9 Å². The van der Waals surface area contributed by atoms with Crippen LogP contribution in [0.5, 0.6) is 0 Å². The van der Waals surface area contributed by atoms with Gasteiger partial charge in [-0.15, -0.1) is 0 Å². The molecule has 8 heavy (non-hydrogen) atoms. The fraction of sp³-hybridized carbons (Fsp3) is 0.667. The van der Waals surface area contributed by atoms with Crippen molar-refractivity contribution in [3.8, 4) is 9.64 Å². The summed E-state index contributed by atoms with van der Waals surface area (Å²) in [6.07, 6.45) is 0. The van der Waals surface area contributed by atoms with Crippen LogP contribution in [0.15, 0.2) is 0 Å². The third-order valence-electron chi connectivity index (χ3n) is 0.475. The van der Waals surface area contributed by atoms with Gasteiger partial charge in [0.25, 0.3) is 0 Å². The molecule has 0 aliphatic carbocycles. The standard InChI is InChI=1S/C6H10Se2/c1-3-7-5-6-8-4-2/h3-4H2,1-2H3. The monoisotopic (exact) mass is 242 g/mol. The number of hydrogen-bond acceptors (Lipinski definition) is 0. The summed E-state index contributed by atoms with van der Waals surface area (Å²) in [5.74, 6) is 0. The molecule has 2 heteroatoms. The second kappa shape index (κ2) is 7.60. The zero-order chi connectivity index (χ0) is 6.24. The Labute approximate surface area is 64.1 Å². The summed E-state index contributed by atoms with van der Waals surface area (Å²) < 4.78 is 0. The maximum absolute atomic E-state index is 3.18. The second-order valence-electron chi connectivity index (χ2n) is 1.07.